The van der Waals surface area contributed by atoms with E-state index in [-0.39, 0.29) is 12.2 Å². The van der Waals surface area contributed by atoms with Gasteiger partial charge in [-0.1, -0.05) is 6.07 Å². The minimum Gasteiger partial charge on any atom is -0.493 e. The second-order valence-corrected chi connectivity index (χ2v) is 7.15. The number of nitrogens with one attached hydrogen (secondary N) is 2. The normalized spacial score (nSPS) is 14.1. The van der Waals surface area contributed by atoms with Gasteiger partial charge in [0.2, 0.25) is 0 Å². The molecule has 2 amide bonds. The number of ether oxygens (including phenoxy) is 3. The van der Waals surface area contributed by atoms with Crippen LogP contribution in [-0.4, -0.2) is 53.1 Å². The number of anilines is 2. The Bertz CT molecular complexity index is 931. The van der Waals surface area contributed by atoms with Crippen LogP contribution < -0.4 is 25.0 Å². The van der Waals surface area contributed by atoms with E-state index in [2.05, 4.69) is 10.6 Å². The van der Waals surface area contributed by atoms with Crippen LogP contribution in [0.3, 0.4) is 0 Å². The molecule has 0 radical (unpaired) electrons. The molecule has 174 valence electrons. The second kappa shape index (κ2) is 10.4. The average molecular weight is 453 g/mol. The number of nitrogens with zero attached hydrogens (tertiary/aromatic N) is 1. The minimum atomic E-state index is -4.61. The Morgan fingerprint density at radius 2 is 1.78 bits per heavy atom. The van der Waals surface area contributed by atoms with Crippen molar-refractivity contribution in [3.8, 4) is 11.5 Å². The van der Waals surface area contributed by atoms with E-state index in [0.29, 0.717) is 49.9 Å². The van der Waals surface area contributed by atoms with Crippen molar-refractivity contribution in [3.63, 3.8) is 0 Å². The molecule has 0 spiro atoms. The Labute approximate surface area is 184 Å². The molecule has 0 atom stereocenters. The van der Waals surface area contributed by atoms with E-state index in [9.17, 15) is 18.0 Å². The number of methoxy groups -OCH3 is 2. The number of urea groups is 1. The van der Waals surface area contributed by atoms with Gasteiger partial charge >= 0.3 is 12.2 Å². The van der Waals surface area contributed by atoms with E-state index in [1.807, 2.05) is 11.0 Å². The summed E-state index contributed by atoms with van der Waals surface area (Å²) in [4.78, 5) is 14.1. The topological polar surface area (TPSA) is 72.1 Å². The van der Waals surface area contributed by atoms with Crippen LogP contribution in [0.1, 0.15) is 11.1 Å². The van der Waals surface area contributed by atoms with Crippen molar-refractivity contribution in [1.82, 2.24) is 5.32 Å². The van der Waals surface area contributed by atoms with Crippen molar-refractivity contribution >= 4 is 17.4 Å². The maximum absolute atomic E-state index is 13.6. The van der Waals surface area contributed by atoms with Gasteiger partial charge in [-0.25, -0.2) is 4.79 Å². The Balaban J connectivity index is 1.62. The summed E-state index contributed by atoms with van der Waals surface area (Å²) >= 11 is 0. The highest BCUT2D eigenvalue weighted by molar-refractivity contribution is 5.90. The highest BCUT2D eigenvalue weighted by Gasteiger charge is 2.34. The Hall–Kier alpha value is -3.14. The van der Waals surface area contributed by atoms with Crippen LogP contribution in [0, 0.1) is 0 Å². The molecule has 0 bridgehead atoms. The lowest BCUT2D eigenvalue weighted by atomic mass is 10.1. The van der Waals surface area contributed by atoms with E-state index < -0.39 is 17.8 Å². The SMILES string of the molecule is COc1ccc(CCNC(=O)Nc2ccc(N3CCOCC3)cc2C(F)(F)F)cc1OC. The zero-order chi connectivity index (χ0) is 23.1. The summed E-state index contributed by atoms with van der Waals surface area (Å²) in [6, 6.07) is 8.55. The maximum atomic E-state index is 13.6. The monoisotopic (exact) mass is 453 g/mol. The van der Waals surface area contributed by atoms with E-state index >= 15 is 0 Å². The van der Waals surface area contributed by atoms with Crippen molar-refractivity contribution in [2.45, 2.75) is 12.6 Å². The van der Waals surface area contributed by atoms with Crippen LogP contribution in [0.2, 0.25) is 0 Å². The maximum Gasteiger partial charge on any atom is 0.418 e. The molecule has 1 aliphatic rings. The minimum absolute atomic E-state index is 0.231. The van der Waals surface area contributed by atoms with Crippen LogP contribution in [0.4, 0.5) is 29.3 Å². The number of carbonyl (C=O) groups excluding carboxylic acids is 1. The molecule has 2 aromatic carbocycles. The molecule has 0 unspecified atom stereocenters. The van der Waals surface area contributed by atoms with Gasteiger partial charge in [0, 0.05) is 25.3 Å². The van der Waals surface area contributed by atoms with Crippen LogP contribution in [0.5, 0.6) is 11.5 Å². The van der Waals surface area contributed by atoms with Gasteiger partial charge in [0.05, 0.1) is 38.7 Å². The highest BCUT2D eigenvalue weighted by Crippen LogP contribution is 2.37. The predicted molar refractivity (Wildman–Crippen MR) is 115 cm³/mol. The first-order valence-electron chi connectivity index (χ1n) is 10.1. The zero-order valence-corrected chi connectivity index (χ0v) is 17.9. The van der Waals surface area contributed by atoms with Gasteiger partial charge in [-0.15, -0.1) is 0 Å². The number of morpholine rings is 1. The largest absolute Gasteiger partial charge is 0.493 e. The van der Waals surface area contributed by atoms with Crippen LogP contribution in [0.15, 0.2) is 36.4 Å². The molecular formula is C22H26F3N3O4. The summed E-state index contributed by atoms with van der Waals surface area (Å²) in [5, 5.41) is 4.90. The molecule has 10 heteroatoms. The highest BCUT2D eigenvalue weighted by atomic mass is 19.4. The third kappa shape index (κ3) is 5.97. The number of amides is 2. The molecule has 7 nitrogen and oxygen atoms in total. The van der Waals surface area contributed by atoms with Gasteiger partial charge in [-0.05, 0) is 42.3 Å². The first kappa shape index (κ1) is 23.5. The number of rotatable bonds is 7. The summed E-state index contributed by atoms with van der Waals surface area (Å²) in [6.07, 6.45) is -4.14. The van der Waals surface area contributed by atoms with E-state index in [1.165, 1.54) is 20.3 Å². The molecule has 1 aliphatic heterocycles. The number of carbonyl (C=O) groups is 1. The first-order chi connectivity index (χ1) is 15.3. The Morgan fingerprint density at radius 1 is 1.06 bits per heavy atom. The fourth-order valence-electron chi connectivity index (χ4n) is 3.42. The van der Waals surface area contributed by atoms with Gasteiger partial charge in [-0.2, -0.15) is 13.2 Å². The summed E-state index contributed by atoms with van der Waals surface area (Å²) < 4.78 is 56.5. The summed E-state index contributed by atoms with van der Waals surface area (Å²) in [6.45, 7) is 2.18. The number of halogens is 3. The van der Waals surface area contributed by atoms with E-state index in [0.717, 1.165) is 11.6 Å². The van der Waals surface area contributed by atoms with Crippen LogP contribution in [0.25, 0.3) is 0 Å². The lowest BCUT2D eigenvalue weighted by molar-refractivity contribution is -0.136. The molecule has 1 saturated heterocycles. The number of hydrogen-bond acceptors (Lipinski definition) is 5. The first-order valence-corrected chi connectivity index (χ1v) is 10.1. The lowest BCUT2D eigenvalue weighted by Crippen LogP contribution is -2.36. The van der Waals surface area contributed by atoms with E-state index in [1.54, 1.807) is 18.2 Å². The molecule has 32 heavy (non-hydrogen) atoms. The standard InChI is InChI=1S/C22H26F3N3O4/c1-30-19-6-3-15(13-20(19)31-2)7-8-26-21(29)27-18-5-4-16(14-17(18)22(23,24)25)28-9-11-32-12-10-28/h3-6,13-14H,7-12H2,1-2H3,(H2,26,27,29). The van der Waals surface area contributed by atoms with Crippen molar-refractivity contribution in [3.05, 3.63) is 47.5 Å². The summed E-state index contributed by atoms with van der Waals surface area (Å²) in [7, 11) is 3.06. The molecule has 1 heterocycles. The fourth-order valence-corrected chi connectivity index (χ4v) is 3.42. The molecule has 1 fully saturated rings. The summed E-state index contributed by atoms with van der Waals surface area (Å²) in [5.41, 5.74) is 0.142. The van der Waals surface area contributed by atoms with Gasteiger partial charge in [0.15, 0.2) is 11.5 Å². The zero-order valence-electron chi connectivity index (χ0n) is 17.9. The van der Waals surface area contributed by atoms with Crippen molar-refractivity contribution < 1.29 is 32.2 Å². The quantitative estimate of drug-likeness (QED) is 0.665. The molecule has 0 aliphatic carbocycles. The molecule has 2 N–H and O–H groups in total. The van der Waals surface area contributed by atoms with E-state index in [4.69, 9.17) is 14.2 Å². The third-order valence-electron chi connectivity index (χ3n) is 5.08. The van der Waals surface area contributed by atoms with Crippen molar-refractivity contribution in [2.75, 3.05) is 57.3 Å². The fraction of sp³-hybridized carbons (Fsp3) is 0.409. The van der Waals surface area contributed by atoms with Crippen LogP contribution in [-0.2, 0) is 17.3 Å². The number of hydrogen-bond donors (Lipinski definition) is 2. The van der Waals surface area contributed by atoms with Crippen molar-refractivity contribution in [1.29, 1.82) is 0 Å². The number of alkyl halides is 3. The second-order valence-electron chi connectivity index (χ2n) is 7.15. The Morgan fingerprint density at radius 3 is 2.44 bits per heavy atom. The molecule has 3 rings (SSSR count). The third-order valence-corrected chi connectivity index (χ3v) is 5.08. The van der Waals surface area contributed by atoms with Crippen LogP contribution >= 0.6 is 0 Å². The Kier molecular flexibility index (Phi) is 7.68. The predicted octanol–water partition coefficient (Wildman–Crippen LogP) is 3.92. The van der Waals surface area contributed by atoms with Crippen molar-refractivity contribution in [2.24, 2.45) is 0 Å². The average Bonchev–Trinajstić information content (AvgIpc) is 2.79. The van der Waals surface area contributed by atoms with Gasteiger partial charge in [0.1, 0.15) is 0 Å². The lowest BCUT2D eigenvalue weighted by Gasteiger charge is -2.29. The van der Waals surface area contributed by atoms with Gasteiger partial charge in [0.25, 0.3) is 0 Å². The smallest absolute Gasteiger partial charge is 0.418 e. The number of benzene rings is 2. The molecule has 0 saturated carbocycles. The molecule has 0 aromatic heterocycles. The molecule has 2 aromatic rings. The molecular weight excluding hydrogens is 427 g/mol. The summed E-state index contributed by atoms with van der Waals surface area (Å²) in [5.74, 6) is 1.15. The van der Waals surface area contributed by atoms with Gasteiger partial charge in [-0.3, -0.25) is 0 Å². The van der Waals surface area contributed by atoms with Gasteiger partial charge < -0.3 is 29.7 Å².